The zero-order valence-electron chi connectivity index (χ0n) is 15.4. The van der Waals surface area contributed by atoms with Gasteiger partial charge < -0.3 is 10.2 Å². The van der Waals surface area contributed by atoms with Crippen LogP contribution in [-0.4, -0.2) is 41.9 Å². The number of hydroxylamine groups is 1. The molecule has 1 aliphatic carbocycles. The maximum absolute atomic E-state index is 12.3. The maximum Gasteiger partial charge on any atom is 0.246 e. The van der Waals surface area contributed by atoms with E-state index < -0.39 is 0 Å². The largest absolute Gasteiger partial charge is 0.326 e. The average Bonchev–Trinajstić information content (AvgIpc) is 3.36. The van der Waals surface area contributed by atoms with Gasteiger partial charge in [-0.05, 0) is 37.7 Å². The molecule has 1 saturated carbocycles. The van der Waals surface area contributed by atoms with E-state index >= 15 is 0 Å². The molecule has 1 aromatic rings. The van der Waals surface area contributed by atoms with Crippen LogP contribution in [0.25, 0.3) is 0 Å². The molecule has 0 aromatic heterocycles. The molecule has 0 spiro atoms. The Morgan fingerprint density at radius 3 is 2.81 bits per heavy atom. The summed E-state index contributed by atoms with van der Waals surface area (Å²) in [6.07, 6.45) is 3.97. The summed E-state index contributed by atoms with van der Waals surface area (Å²) >= 11 is 0. The van der Waals surface area contributed by atoms with Gasteiger partial charge in [-0.25, -0.2) is 5.48 Å². The number of carbonyl (C=O) groups excluding carboxylic acids is 2. The molecule has 7 heteroatoms. The number of nitrogens with one attached hydrogen (secondary N) is 2. The fourth-order valence-electron chi connectivity index (χ4n) is 3.79. The lowest BCUT2D eigenvalue weighted by molar-refractivity contribution is -0.138. The van der Waals surface area contributed by atoms with Crippen LogP contribution in [-0.2, 0) is 21.0 Å². The third-order valence-electron chi connectivity index (χ3n) is 5.32. The molecule has 2 amide bonds. The second-order valence-corrected chi connectivity index (χ2v) is 7.20. The van der Waals surface area contributed by atoms with Gasteiger partial charge in [-0.1, -0.05) is 30.3 Å². The minimum Gasteiger partial charge on any atom is -0.326 e. The van der Waals surface area contributed by atoms with Crippen molar-refractivity contribution in [1.82, 2.24) is 15.7 Å². The summed E-state index contributed by atoms with van der Waals surface area (Å²) in [4.78, 5) is 31.5. The van der Waals surface area contributed by atoms with Crippen molar-refractivity contribution in [3.63, 3.8) is 0 Å². The fraction of sp³-hybridized carbons (Fsp3) is 0.550. The first-order valence-corrected chi connectivity index (χ1v) is 9.55. The third-order valence-corrected chi connectivity index (χ3v) is 5.32. The SMILES string of the molecule is N#C[C@@H]1CCCN1C(=O)CN[C@H]1CC[C@H](C(=O)NOCc2ccccc2)C1. The van der Waals surface area contributed by atoms with Crippen LogP contribution in [0.5, 0.6) is 0 Å². The van der Waals surface area contributed by atoms with E-state index in [1.165, 1.54) is 0 Å². The van der Waals surface area contributed by atoms with Crippen LogP contribution in [0.15, 0.2) is 30.3 Å². The van der Waals surface area contributed by atoms with Crippen molar-refractivity contribution in [2.45, 2.75) is 50.8 Å². The number of benzene rings is 1. The minimum absolute atomic E-state index is 0.0295. The third kappa shape index (κ3) is 5.28. The number of amides is 2. The van der Waals surface area contributed by atoms with Crippen LogP contribution < -0.4 is 10.8 Å². The van der Waals surface area contributed by atoms with Crippen molar-refractivity contribution in [1.29, 1.82) is 5.26 Å². The molecule has 0 bridgehead atoms. The molecule has 7 nitrogen and oxygen atoms in total. The molecule has 3 rings (SSSR count). The van der Waals surface area contributed by atoms with Crippen LogP contribution in [0.1, 0.15) is 37.7 Å². The Morgan fingerprint density at radius 1 is 1.22 bits per heavy atom. The summed E-state index contributed by atoms with van der Waals surface area (Å²) in [7, 11) is 0. The van der Waals surface area contributed by atoms with Crippen LogP contribution in [0.4, 0.5) is 0 Å². The predicted molar refractivity (Wildman–Crippen MR) is 98.9 cm³/mol. The monoisotopic (exact) mass is 370 g/mol. The van der Waals surface area contributed by atoms with Crippen LogP contribution >= 0.6 is 0 Å². The lowest BCUT2D eigenvalue weighted by Gasteiger charge is -2.21. The van der Waals surface area contributed by atoms with Crippen molar-refractivity contribution in [3.05, 3.63) is 35.9 Å². The molecule has 1 saturated heterocycles. The van der Waals surface area contributed by atoms with E-state index in [9.17, 15) is 9.59 Å². The van der Waals surface area contributed by atoms with Crippen molar-refractivity contribution >= 4 is 11.8 Å². The zero-order chi connectivity index (χ0) is 19.1. The summed E-state index contributed by atoms with van der Waals surface area (Å²) in [6, 6.07) is 11.7. The molecule has 1 aromatic carbocycles. The quantitative estimate of drug-likeness (QED) is 0.710. The number of rotatable bonds is 7. The highest BCUT2D eigenvalue weighted by Crippen LogP contribution is 2.26. The average molecular weight is 370 g/mol. The highest BCUT2D eigenvalue weighted by Gasteiger charge is 2.32. The van der Waals surface area contributed by atoms with E-state index in [0.29, 0.717) is 19.6 Å². The Hall–Kier alpha value is -2.43. The molecule has 1 heterocycles. The Labute approximate surface area is 159 Å². The lowest BCUT2D eigenvalue weighted by Crippen LogP contribution is -2.43. The number of carbonyl (C=O) groups is 2. The molecule has 0 unspecified atom stereocenters. The highest BCUT2D eigenvalue weighted by atomic mass is 16.6. The molecule has 144 valence electrons. The van der Waals surface area contributed by atoms with Gasteiger partial charge in [-0.2, -0.15) is 5.26 Å². The van der Waals surface area contributed by atoms with E-state index in [-0.39, 0.29) is 36.4 Å². The molecule has 2 aliphatic rings. The van der Waals surface area contributed by atoms with Gasteiger partial charge in [0.1, 0.15) is 6.04 Å². The highest BCUT2D eigenvalue weighted by molar-refractivity contribution is 5.79. The lowest BCUT2D eigenvalue weighted by atomic mass is 10.1. The molecular weight excluding hydrogens is 344 g/mol. The van der Waals surface area contributed by atoms with Crippen LogP contribution in [0.2, 0.25) is 0 Å². The Bertz CT molecular complexity index is 688. The van der Waals surface area contributed by atoms with Crippen molar-refractivity contribution < 1.29 is 14.4 Å². The van der Waals surface area contributed by atoms with Gasteiger partial charge in [0, 0.05) is 18.5 Å². The minimum atomic E-state index is -0.289. The number of nitrogens with zero attached hydrogens (tertiary/aromatic N) is 2. The zero-order valence-corrected chi connectivity index (χ0v) is 15.4. The summed E-state index contributed by atoms with van der Waals surface area (Å²) in [6.45, 7) is 1.22. The summed E-state index contributed by atoms with van der Waals surface area (Å²) in [5.74, 6) is -0.240. The summed E-state index contributed by atoms with van der Waals surface area (Å²) in [5, 5.41) is 12.3. The number of hydrogen-bond donors (Lipinski definition) is 2. The van der Waals surface area contributed by atoms with E-state index in [2.05, 4.69) is 16.9 Å². The fourth-order valence-corrected chi connectivity index (χ4v) is 3.79. The Balaban J connectivity index is 1.35. The van der Waals surface area contributed by atoms with Gasteiger partial charge in [0.25, 0.3) is 0 Å². The number of hydrogen-bond acceptors (Lipinski definition) is 5. The van der Waals surface area contributed by atoms with E-state index in [0.717, 1.165) is 31.2 Å². The Kier molecular flexibility index (Phi) is 6.80. The first-order valence-electron chi connectivity index (χ1n) is 9.55. The maximum atomic E-state index is 12.3. The summed E-state index contributed by atoms with van der Waals surface area (Å²) < 4.78 is 0. The first-order chi connectivity index (χ1) is 13.2. The van der Waals surface area contributed by atoms with E-state index in [4.69, 9.17) is 10.1 Å². The van der Waals surface area contributed by atoms with E-state index in [1.54, 1.807) is 4.90 Å². The van der Waals surface area contributed by atoms with Gasteiger partial charge in [-0.3, -0.25) is 14.4 Å². The second kappa shape index (κ2) is 9.49. The first kappa shape index (κ1) is 19.3. The predicted octanol–water partition coefficient (Wildman–Crippen LogP) is 1.51. The normalized spacial score (nSPS) is 24.6. The molecule has 27 heavy (non-hydrogen) atoms. The number of likely N-dealkylation sites (tertiary alicyclic amines) is 1. The van der Waals surface area contributed by atoms with Gasteiger partial charge in [0.05, 0.1) is 19.2 Å². The van der Waals surface area contributed by atoms with Crippen LogP contribution in [0, 0.1) is 17.2 Å². The van der Waals surface area contributed by atoms with Gasteiger partial charge >= 0.3 is 0 Å². The topological polar surface area (TPSA) is 94.5 Å². The van der Waals surface area contributed by atoms with Crippen molar-refractivity contribution in [3.8, 4) is 6.07 Å². The standard InChI is InChI=1S/C20H26N4O3/c21-12-18-7-4-10-24(18)19(25)13-22-17-9-8-16(11-17)20(26)23-27-14-15-5-2-1-3-6-15/h1-3,5-6,16-18,22H,4,7-11,13-14H2,(H,23,26)/t16-,17-,18-/m0/s1. The van der Waals surface area contributed by atoms with Crippen molar-refractivity contribution in [2.24, 2.45) is 5.92 Å². The van der Waals surface area contributed by atoms with Gasteiger partial charge in [0.15, 0.2) is 0 Å². The van der Waals surface area contributed by atoms with Crippen LogP contribution in [0.3, 0.4) is 0 Å². The Morgan fingerprint density at radius 2 is 2.04 bits per heavy atom. The molecule has 1 aliphatic heterocycles. The molecule has 3 atom stereocenters. The summed E-state index contributed by atoms with van der Waals surface area (Å²) in [5.41, 5.74) is 3.54. The van der Waals surface area contributed by atoms with Gasteiger partial charge in [-0.15, -0.1) is 0 Å². The number of nitriles is 1. The molecule has 2 fully saturated rings. The molecule has 0 radical (unpaired) electrons. The molecular formula is C20H26N4O3. The smallest absolute Gasteiger partial charge is 0.246 e. The van der Waals surface area contributed by atoms with Crippen molar-refractivity contribution in [2.75, 3.05) is 13.1 Å². The van der Waals surface area contributed by atoms with E-state index in [1.807, 2.05) is 30.3 Å². The second-order valence-electron chi connectivity index (χ2n) is 7.20. The van der Waals surface area contributed by atoms with Gasteiger partial charge in [0.2, 0.25) is 11.8 Å². The molecule has 2 N–H and O–H groups in total.